The second kappa shape index (κ2) is 4.27. The van der Waals surface area contributed by atoms with Crippen LogP contribution in [0.4, 0.5) is 0 Å². The van der Waals surface area contributed by atoms with Crippen LogP contribution in [0.15, 0.2) is 41.0 Å². The van der Waals surface area contributed by atoms with Gasteiger partial charge >= 0.3 is 0 Å². The molecule has 0 fully saturated rings. The highest BCUT2D eigenvalue weighted by Gasteiger charge is 2.15. The summed E-state index contributed by atoms with van der Waals surface area (Å²) in [4.78, 5) is 0. The molecule has 1 aromatic carbocycles. The Hall–Kier alpha value is -2.14. The smallest absolute Gasteiger partial charge is 0.222 e. The van der Waals surface area contributed by atoms with Crippen molar-refractivity contribution in [3.63, 3.8) is 0 Å². The standard InChI is InChI=1S/C12H9ClN4O/c1-8-9(13)4-2-5-10(8)17-12(14-15-16-17)11-6-3-7-18-11/h2-7H,1H3. The van der Waals surface area contributed by atoms with E-state index in [0.717, 1.165) is 11.3 Å². The summed E-state index contributed by atoms with van der Waals surface area (Å²) in [5.41, 5.74) is 1.75. The maximum absolute atomic E-state index is 6.10. The van der Waals surface area contributed by atoms with Crippen molar-refractivity contribution in [3.05, 3.63) is 47.2 Å². The molecule has 0 radical (unpaired) electrons. The van der Waals surface area contributed by atoms with E-state index in [1.807, 2.05) is 31.2 Å². The predicted octanol–water partition coefficient (Wildman–Crippen LogP) is 2.88. The number of halogens is 1. The zero-order chi connectivity index (χ0) is 12.5. The summed E-state index contributed by atoms with van der Waals surface area (Å²) in [6.07, 6.45) is 1.58. The largest absolute Gasteiger partial charge is 0.461 e. The topological polar surface area (TPSA) is 56.7 Å². The molecule has 0 spiro atoms. The highest BCUT2D eigenvalue weighted by molar-refractivity contribution is 6.31. The van der Waals surface area contributed by atoms with Gasteiger partial charge in [-0.25, -0.2) is 0 Å². The summed E-state index contributed by atoms with van der Waals surface area (Å²) in [6.45, 7) is 1.92. The Balaban J connectivity index is 2.19. The summed E-state index contributed by atoms with van der Waals surface area (Å²) in [6, 6.07) is 9.20. The van der Waals surface area contributed by atoms with Gasteiger partial charge in [0.25, 0.3) is 0 Å². The molecule has 0 saturated heterocycles. The van der Waals surface area contributed by atoms with E-state index in [9.17, 15) is 0 Å². The molecule has 2 aromatic heterocycles. The molecule has 0 aliphatic heterocycles. The van der Waals surface area contributed by atoms with Gasteiger partial charge in [0.1, 0.15) is 0 Å². The average molecular weight is 261 g/mol. The molecular formula is C12H9ClN4O. The van der Waals surface area contributed by atoms with E-state index in [1.165, 1.54) is 0 Å². The van der Waals surface area contributed by atoms with Gasteiger partial charge in [-0.15, -0.1) is 5.10 Å². The van der Waals surface area contributed by atoms with Gasteiger partial charge in [-0.3, -0.25) is 0 Å². The normalized spacial score (nSPS) is 10.8. The molecule has 0 saturated carbocycles. The number of furan rings is 1. The molecule has 0 aliphatic rings. The summed E-state index contributed by atoms with van der Waals surface area (Å²) in [5.74, 6) is 1.16. The van der Waals surface area contributed by atoms with Gasteiger partial charge in [-0.1, -0.05) is 17.7 Å². The lowest BCUT2D eigenvalue weighted by molar-refractivity contribution is 0.574. The Labute approximate surface area is 108 Å². The minimum Gasteiger partial charge on any atom is -0.461 e. The Kier molecular flexibility index (Phi) is 2.60. The lowest BCUT2D eigenvalue weighted by Gasteiger charge is -2.07. The number of hydrogen-bond donors (Lipinski definition) is 0. The Morgan fingerprint density at radius 3 is 2.89 bits per heavy atom. The molecule has 0 unspecified atom stereocenters. The molecule has 3 rings (SSSR count). The van der Waals surface area contributed by atoms with Crippen molar-refractivity contribution in [2.24, 2.45) is 0 Å². The molecule has 0 amide bonds. The van der Waals surface area contributed by atoms with Gasteiger partial charge in [0.2, 0.25) is 5.82 Å². The van der Waals surface area contributed by atoms with Gasteiger partial charge in [-0.05, 0) is 47.2 Å². The van der Waals surface area contributed by atoms with Crippen LogP contribution in [-0.4, -0.2) is 20.2 Å². The van der Waals surface area contributed by atoms with E-state index >= 15 is 0 Å². The van der Waals surface area contributed by atoms with Gasteiger partial charge < -0.3 is 4.42 Å². The molecule has 0 aliphatic carbocycles. The maximum atomic E-state index is 6.10. The van der Waals surface area contributed by atoms with Gasteiger partial charge in [-0.2, -0.15) is 4.68 Å². The molecule has 0 atom stereocenters. The van der Waals surface area contributed by atoms with Crippen LogP contribution in [0.5, 0.6) is 0 Å². The van der Waals surface area contributed by atoms with Gasteiger partial charge in [0.05, 0.1) is 12.0 Å². The Bertz CT molecular complexity index is 675. The highest BCUT2D eigenvalue weighted by atomic mass is 35.5. The molecule has 5 nitrogen and oxygen atoms in total. The van der Waals surface area contributed by atoms with Crippen molar-refractivity contribution in [1.29, 1.82) is 0 Å². The summed E-state index contributed by atoms with van der Waals surface area (Å²) in [5, 5.41) is 12.3. The Morgan fingerprint density at radius 2 is 2.11 bits per heavy atom. The van der Waals surface area contributed by atoms with Gasteiger partial charge in [0.15, 0.2) is 5.76 Å². The highest BCUT2D eigenvalue weighted by Crippen LogP contribution is 2.25. The Morgan fingerprint density at radius 1 is 1.22 bits per heavy atom. The summed E-state index contributed by atoms with van der Waals surface area (Å²) >= 11 is 6.10. The number of hydrogen-bond acceptors (Lipinski definition) is 4. The third-order valence-electron chi connectivity index (χ3n) is 2.68. The van der Waals surface area contributed by atoms with Crippen molar-refractivity contribution in [3.8, 4) is 17.3 Å². The summed E-state index contributed by atoms with van der Waals surface area (Å²) in [7, 11) is 0. The van der Waals surface area contributed by atoms with Crippen molar-refractivity contribution in [1.82, 2.24) is 20.2 Å². The van der Waals surface area contributed by atoms with Gasteiger partial charge in [0, 0.05) is 5.02 Å². The first kappa shape index (κ1) is 11.0. The monoisotopic (exact) mass is 260 g/mol. The number of benzene rings is 1. The number of aromatic nitrogens is 4. The maximum Gasteiger partial charge on any atom is 0.222 e. The molecule has 0 N–H and O–H groups in total. The molecule has 3 aromatic rings. The fraction of sp³-hybridized carbons (Fsp3) is 0.0833. The molecule has 90 valence electrons. The quantitative estimate of drug-likeness (QED) is 0.711. The number of rotatable bonds is 2. The fourth-order valence-corrected chi connectivity index (χ4v) is 1.90. The first-order valence-electron chi connectivity index (χ1n) is 5.35. The third-order valence-corrected chi connectivity index (χ3v) is 3.09. The fourth-order valence-electron chi connectivity index (χ4n) is 1.73. The lowest BCUT2D eigenvalue weighted by Crippen LogP contribution is -2.01. The van der Waals surface area contributed by atoms with E-state index in [-0.39, 0.29) is 0 Å². The zero-order valence-corrected chi connectivity index (χ0v) is 10.3. The van der Waals surface area contributed by atoms with Crippen LogP contribution in [0, 0.1) is 6.92 Å². The predicted molar refractivity (Wildman–Crippen MR) is 66.6 cm³/mol. The molecule has 2 heterocycles. The van der Waals surface area contributed by atoms with Crippen LogP contribution in [0.1, 0.15) is 5.56 Å². The second-order valence-electron chi connectivity index (χ2n) is 3.78. The van der Waals surface area contributed by atoms with E-state index in [0.29, 0.717) is 16.6 Å². The van der Waals surface area contributed by atoms with Crippen molar-refractivity contribution < 1.29 is 4.42 Å². The summed E-state index contributed by atoms with van der Waals surface area (Å²) < 4.78 is 6.92. The minimum absolute atomic E-state index is 0.547. The van der Waals surface area contributed by atoms with Crippen LogP contribution < -0.4 is 0 Å². The first-order chi connectivity index (χ1) is 8.77. The van der Waals surface area contributed by atoms with Crippen molar-refractivity contribution in [2.75, 3.05) is 0 Å². The van der Waals surface area contributed by atoms with E-state index in [2.05, 4.69) is 15.5 Å². The van der Waals surface area contributed by atoms with E-state index < -0.39 is 0 Å². The minimum atomic E-state index is 0.547. The molecular weight excluding hydrogens is 252 g/mol. The van der Waals surface area contributed by atoms with Crippen LogP contribution >= 0.6 is 11.6 Å². The molecule has 0 bridgehead atoms. The van der Waals surface area contributed by atoms with E-state index in [1.54, 1.807) is 17.0 Å². The first-order valence-corrected chi connectivity index (χ1v) is 5.73. The average Bonchev–Trinajstić information content (AvgIpc) is 3.01. The van der Waals surface area contributed by atoms with E-state index in [4.69, 9.17) is 16.0 Å². The molecule has 6 heteroatoms. The van der Waals surface area contributed by atoms with Crippen LogP contribution in [0.2, 0.25) is 5.02 Å². The van der Waals surface area contributed by atoms with Crippen LogP contribution in [0.25, 0.3) is 17.3 Å². The molecule has 18 heavy (non-hydrogen) atoms. The van der Waals surface area contributed by atoms with Crippen LogP contribution in [-0.2, 0) is 0 Å². The zero-order valence-electron chi connectivity index (χ0n) is 9.54. The second-order valence-corrected chi connectivity index (χ2v) is 4.18. The van der Waals surface area contributed by atoms with Crippen molar-refractivity contribution >= 4 is 11.6 Å². The third kappa shape index (κ3) is 1.69. The lowest BCUT2D eigenvalue weighted by atomic mass is 10.2. The SMILES string of the molecule is Cc1c(Cl)cccc1-n1nnnc1-c1ccco1. The number of nitrogens with zero attached hydrogens (tertiary/aromatic N) is 4. The van der Waals surface area contributed by atoms with Crippen LogP contribution in [0.3, 0.4) is 0 Å². The van der Waals surface area contributed by atoms with Crippen molar-refractivity contribution in [2.45, 2.75) is 6.92 Å². The number of tetrazole rings is 1.